The summed E-state index contributed by atoms with van der Waals surface area (Å²) in [6, 6.07) is 8.33. The fourth-order valence-corrected chi connectivity index (χ4v) is 2.99. The predicted octanol–water partition coefficient (Wildman–Crippen LogP) is 1.82. The third kappa shape index (κ3) is 3.24. The molecule has 1 heterocycles. The van der Waals surface area contributed by atoms with Crippen LogP contribution >= 0.6 is 0 Å². The van der Waals surface area contributed by atoms with Crippen molar-refractivity contribution >= 4 is 22.6 Å². The number of benzene rings is 2. The average Bonchev–Trinajstić information content (AvgIpc) is 2.71. The Labute approximate surface area is 160 Å². The van der Waals surface area contributed by atoms with E-state index in [-0.39, 0.29) is 5.91 Å². The van der Waals surface area contributed by atoms with E-state index in [0.717, 1.165) is 5.56 Å². The van der Waals surface area contributed by atoms with E-state index in [9.17, 15) is 14.4 Å². The van der Waals surface area contributed by atoms with Crippen molar-refractivity contribution in [2.75, 3.05) is 19.5 Å². The van der Waals surface area contributed by atoms with Gasteiger partial charge in [-0.2, -0.15) is 0 Å². The van der Waals surface area contributed by atoms with Crippen LogP contribution in [0.4, 0.5) is 5.69 Å². The largest absolute Gasteiger partial charge is 0.497 e. The Hall–Kier alpha value is -3.55. The van der Waals surface area contributed by atoms with Crippen LogP contribution in [0.3, 0.4) is 0 Å². The highest BCUT2D eigenvalue weighted by Crippen LogP contribution is 2.25. The molecule has 1 aromatic heterocycles. The van der Waals surface area contributed by atoms with Gasteiger partial charge in [0.25, 0.3) is 5.91 Å². The number of carbonyl (C=O) groups excluding carboxylic acids is 1. The van der Waals surface area contributed by atoms with E-state index in [1.807, 2.05) is 6.92 Å². The molecule has 146 valence electrons. The first-order valence-electron chi connectivity index (χ1n) is 8.51. The molecule has 2 aromatic carbocycles. The van der Waals surface area contributed by atoms with E-state index in [4.69, 9.17) is 9.47 Å². The Kier molecular flexibility index (Phi) is 4.96. The third-order valence-corrected chi connectivity index (χ3v) is 4.70. The average molecular weight is 383 g/mol. The minimum Gasteiger partial charge on any atom is -0.497 e. The third-order valence-electron chi connectivity index (χ3n) is 4.70. The molecule has 0 aliphatic carbocycles. The van der Waals surface area contributed by atoms with Gasteiger partial charge < -0.3 is 23.9 Å². The smallest absolute Gasteiger partial charge is 0.316 e. The summed E-state index contributed by atoms with van der Waals surface area (Å²) in [5.41, 5.74) is 1.56. The molecule has 0 saturated heterocycles. The van der Waals surface area contributed by atoms with Crippen LogP contribution in [0.1, 0.15) is 15.9 Å². The number of aromatic nitrogens is 2. The van der Waals surface area contributed by atoms with Crippen molar-refractivity contribution in [2.45, 2.75) is 6.92 Å². The zero-order valence-corrected chi connectivity index (χ0v) is 16.3. The highest BCUT2D eigenvalue weighted by Gasteiger charge is 2.15. The SMILES string of the molecule is COc1cc(OC)cc(C(=O)Nc2cc3c(cc2C)n(C)c(=O)c(=O)n3C)c1. The molecule has 0 atom stereocenters. The topological polar surface area (TPSA) is 91.6 Å². The molecule has 0 unspecified atom stereocenters. The van der Waals surface area contributed by atoms with Crippen molar-refractivity contribution in [3.63, 3.8) is 0 Å². The number of rotatable bonds is 4. The molecule has 1 N–H and O–H groups in total. The normalized spacial score (nSPS) is 10.8. The van der Waals surface area contributed by atoms with Crippen molar-refractivity contribution in [2.24, 2.45) is 14.1 Å². The summed E-state index contributed by atoms with van der Waals surface area (Å²) < 4.78 is 13.0. The Morgan fingerprint density at radius 1 is 0.857 bits per heavy atom. The standard InChI is InChI=1S/C20H21N3O5/c1-11-6-16-17(23(3)20(26)19(25)22(16)2)10-15(11)21-18(24)12-7-13(27-4)9-14(8-12)28-5/h6-10H,1-5H3,(H,21,24). The molecule has 0 saturated carbocycles. The van der Waals surface area contributed by atoms with Gasteiger partial charge in [-0.1, -0.05) is 0 Å². The summed E-state index contributed by atoms with van der Waals surface area (Å²) >= 11 is 0. The van der Waals surface area contributed by atoms with Crippen LogP contribution in [0.15, 0.2) is 39.9 Å². The fraction of sp³-hybridized carbons (Fsp3) is 0.250. The van der Waals surface area contributed by atoms with Crippen LogP contribution in [0.2, 0.25) is 0 Å². The Morgan fingerprint density at radius 2 is 1.36 bits per heavy atom. The van der Waals surface area contributed by atoms with Crippen molar-refractivity contribution in [3.8, 4) is 11.5 Å². The number of hydrogen-bond donors (Lipinski definition) is 1. The van der Waals surface area contributed by atoms with Crippen LogP contribution in [0, 0.1) is 6.92 Å². The van der Waals surface area contributed by atoms with Crippen molar-refractivity contribution in [1.29, 1.82) is 0 Å². The molecule has 0 bridgehead atoms. The van der Waals surface area contributed by atoms with E-state index >= 15 is 0 Å². The van der Waals surface area contributed by atoms with Gasteiger partial charge in [0.1, 0.15) is 11.5 Å². The first-order chi connectivity index (χ1) is 13.3. The summed E-state index contributed by atoms with van der Waals surface area (Å²) in [6.45, 7) is 1.82. The zero-order valence-electron chi connectivity index (χ0n) is 16.3. The molecular formula is C20H21N3O5. The van der Waals surface area contributed by atoms with E-state index in [1.165, 1.54) is 30.4 Å². The number of ether oxygens (including phenoxy) is 2. The summed E-state index contributed by atoms with van der Waals surface area (Å²) in [4.78, 5) is 36.9. The molecule has 8 heteroatoms. The number of nitrogens with one attached hydrogen (secondary N) is 1. The maximum atomic E-state index is 12.8. The lowest BCUT2D eigenvalue weighted by Crippen LogP contribution is -2.39. The molecule has 8 nitrogen and oxygen atoms in total. The van der Waals surface area contributed by atoms with Gasteiger partial charge in [-0.25, -0.2) is 0 Å². The Morgan fingerprint density at radius 3 is 1.86 bits per heavy atom. The minimum atomic E-state index is -0.631. The number of fused-ring (bicyclic) bond motifs is 1. The Balaban J connectivity index is 2.08. The van der Waals surface area contributed by atoms with Gasteiger partial charge in [0.15, 0.2) is 0 Å². The minimum absolute atomic E-state index is 0.352. The van der Waals surface area contributed by atoms with Gasteiger partial charge in [-0.05, 0) is 36.8 Å². The maximum absolute atomic E-state index is 12.8. The number of nitrogens with zero attached hydrogens (tertiary/aromatic N) is 2. The van der Waals surface area contributed by atoms with Crippen LogP contribution in [-0.2, 0) is 14.1 Å². The predicted molar refractivity (Wildman–Crippen MR) is 107 cm³/mol. The molecular weight excluding hydrogens is 362 g/mol. The Bertz CT molecular complexity index is 1180. The quantitative estimate of drug-likeness (QED) is 0.694. The molecule has 28 heavy (non-hydrogen) atoms. The van der Waals surface area contributed by atoms with Crippen LogP contribution < -0.4 is 25.9 Å². The summed E-state index contributed by atoms with van der Waals surface area (Å²) in [5, 5.41) is 2.85. The molecule has 3 rings (SSSR count). The van der Waals surface area contributed by atoms with E-state index in [1.54, 1.807) is 37.4 Å². The summed E-state index contributed by atoms with van der Waals surface area (Å²) in [5.74, 6) is 0.642. The highest BCUT2D eigenvalue weighted by molar-refractivity contribution is 6.06. The first-order valence-corrected chi connectivity index (χ1v) is 8.51. The van der Waals surface area contributed by atoms with Crippen molar-refractivity contribution < 1.29 is 14.3 Å². The van der Waals surface area contributed by atoms with Gasteiger partial charge in [0, 0.05) is 31.4 Å². The second-order valence-electron chi connectivity index (χ2n) is 6.44. The molecule has 0 radical (unpaired) electrons. The molecule has 0 aliphatic rings. The highest BCUT2D eigenvalue weighted by atomic mass is 16.5. The van der Waals surface area contributed by atoms with Crippen LogP contribution in [-0.4, -0.2) is 29.3 Å². The maximum Gasteiger partial charge on any atom is 0.316 e. The van der Waals surface area contributed by atoms with Crippen LogP contribution in [0.25, 0.3) is 11.0 Å². The lowest BCUT2D eigenvalue weighted by Gasteiger charge is -2.14. The fourth-order valence-electron chi connectivity index (χ4n) is 2.99. The van der Waals surface area contributed by atoms with Gasteiger partial charge in [0.2, 0.25) is 0 Å². The number of carbonyl (C=O) groups is 1. The van der Waals surface area contributed by atoms with Crippen LogP contribution in [0.5, 0.6) is 11.5 Å². The first kappa shape index (κ1) is 19.2. The number of methoxy groups -OCH3 is 2. The van der Waals surface area contributed by atoms with Crippen molar-refractivity contribution in [3.05, 3.63) is 62.2 Å². The van der Waals surface area contributed by atoms with Gasteiger partial charge in [-0.15, -0.1) is 0 Å². The van der Waals surface area contributed by atoms with Crippen molar-refractivity contribution in [1.82, 2.24) is 9.13 Å². The summed E-state index contributed by atoms with van der Waals surface area (Å²) in [6.07, 6.45) is 0. The zero-order chi connectivity index (χ0) is 20.6. The summed E-state index contributed by atoms with van der Waals surface area (Å²) in [7, 11) is 6.09. The lowest BCUT2D eigenvalue weighted by atomic mass is 10.1. The van der Waals surface area contributed by atoms with E-state index in [2.05, 4.69) is 5.32 Å². The van der Waals surface area contributed by atoms with Gasteiger partial charge in [-0.3, -0.25) is 14.4 Å². The number of hydrogen-bond acceptors (Lipinski definition) is 5. The lowest BCUT2D eigenvalue weighted by molar-refractivity contribution is 0.102. The second kappa shape index (κ2) is 7.22. The number of anilines is 1. The number of amides is 1. The van der Waals surface area contributed by atoms with Gasteiger partial charge >= 0.3 is 11.1 Å². The monoisotopic (exact) mass is 383 g/mol. The van der Waals surface area contributed by atoms with E-state index < -0.39 is 11.1 Å². The van der Waals surface area contributed by atoms with Gasteiger partial charge in [0.05, 0.1) is 25.3 Å². The molecule has 0 aliphatic heterocycles. The number of aryl methyl sites for hydroxylation is 3. The van der Waals surface area contributed by atoms with E-state index in [0.29, 0.717) is 33.8 Å². The molecule has 1 amide bonds. The molecule has 0 fully saturated rings. The molecule has 3 aromatic rings. The second-order valence-corrected chi connectivity index (χ2v) is 6.44. The molecule has 0 spiro atoms.